The molecule has 1 saturated heterocycles. The van der Waals surface area contributed by atoms with Crippen LogP contribution in [0, 0.1) is 0 Å². The van der Waals surface area contributed by atoms with Gasteiger partial charge in [0.25, 0.3) is 5.91 Å². The highest BCUT2D eigenvalue weighted by Crippen LogP contribution is 2.24. The zero-order valence-electron chi connectivity index (χ0n) is 12.4. The summed E-state index contributed by atoms with van der Waals surface area (Å²) in [4.78, 5) is 25.2. The first kappa shape index (κ1) is 15.1. The molecule has 23 heavy (non-hydrogen) atoms. The Bertz CT molecular complexity index is 726. The van der Waals surface area contributed by atoms with Gasteiger partial charge in [0.15, 0.2) is 11.4 Å². The quantitative estimate of drug-likeness (QED) is 0.898. The van der Waals surface area contributed by atoms with Gasteiger partial charge in [-0.2, -0.15) is 5.10 Å². The average Bonchev–Trinajstić information content (AvgIpc) is 2.97. The fourth-order valence-electron chi connectivity index (χ4n) is 2.80. The van der Waals surface area contributed by atoms with Crippen LogP contribution in [0.2, 0.25) is 0 Å². The number of piperidine rings is 1. The molecule has 0 spiro atoms. The Labute approximate surface area is 132 Å². The Hall–Kier alpha value is -2.83. The molecule has 120 valence electrons. The van der Waals surface area contributed by atoms with Crippen molar-refractivity contribution in [1.29, 1.82) is 0 Å². The average molecular weight is 315 g/mol. The second-order valence-corrected chi connectivity index (χ2v) is 5.49. The Morgan fingerprint density at radius 1 is 1.17 bits per heavy atom. The zero-order chi connectivity index (χ0) is 16.4. The van der Waals surface area contributed by atoms with Gasteiger partial charge >= 0.3 is 5.97 Å². The number of hydrogen-bond donors (Lipinski definition) is 2. The molecule has 0 saturated carbocycles. The lowest BCUT2D eigenvalue weighted by Gasteiger charge is -2.32. The minimum absolute atomic E-state index is 0.123. The number of likely N-dealkylation sites (tertiary alicyclic amines) is 1. The van der Waals surface area contributed by atoms with Crippen LogP contribution in [0.15, 0.2) is 36.5 Å². The predicted octanol–water partition coefficient (Wildman–Crippen LogP) is 1.66. The molecule has 1 atom stereocenters. The van der Waals surface area contributed by atoms with Crippen molar-refractivity contribution in [2.24, 2.45) is 0 Å². The number of para-hydroxylation sites is 1. The van der Waals surface area contributed by atoms with Crippen molar-refractivity contribution in [1.82, 2.24) is 14.7 Å². The number of amides is 1. The summed E-state index contributed by atoms with van der Waals surface area (Å²) in [6.45, 7) is 0.355. The van der Waals surface area contributed by atoms with Crippen molar-refractivity contribution in [2.75, 3.05) is 6.54 Å². The van der Waals surface area contributed by atoms with Crippen molar-refractivity contribution in [2.45, 2.75) is 25.3 Å². The molecule has 2 heterocycles. The third kappa shape index (κ3) is 2.90. The number of aromatic hydroxyl groups is 1. The standard InChI is InChI=1S/C16H17N3O4/c20-13-10-19(11-6-2-1-3-7-11)17-14(13)15(21)18-9-5-4-8-12(18)16(22)23/h1-3,6-7,10,12,20H,4-5,8-9H2,(H,22,23). The molecule has 3 rings (SSSR count). The van der Waals surface area contributed by atoms with E-state index in [0.717, 1.165) is 12.8 Å². The third-order valence-electron chi connectivity index (χ3n) is 3.97. The molecule has 1 amide bonds. The molecule has 1 aliphatic rings. The molecule has 2 N–H and O–H groups in total. The summed E-state index contributed by atoms with van der Waals surface area (Å²) in [5.74, 6) is -1.84. The van der Waals surface area contributed by atoms with Crippen LogP contribution in [0.1, 0.15) is 29.8 Å². The maximum absolute atomic E-state index is 12.6. The Kier molecular flexibility index (Phi) is 4.01. The SMILES string of the molecule is O=C(O)C1CCCCN1C(=O)c1nn(-c2ccccc2)cc1O. The summed E-state index contributed by atoms with van der Waals surface area (Å²) in [5.41, 5.74) is 0.581. The van der Waals surface area contributed by atoms with Gasteiger partial charge in [-0.25, -0.2) is 9.48 Å². The molecule has 1 aromatic carbocycles. The van der Waals surface area contributed by atoms with Crippen molar-refractivity contribution >= 4 is 11.9 Å². The lowest BCUT2D eigenvalue weighted by Crippen LogP contribution is -2.48. The molecule has 1 fully saturated rings. The van der Waals surface area contributed by atoms with Gasteiger partial charge < -0.3 is 15.1 Å². The number of carboxylic acid groups (broad SMARTS) is 1. The number of aromatic nitrogens is 2. The lowest BCUT2D eigenvalue weighted by atomic mass is 10.0. The normalized spacial score (nSPS) is 17.9. The molecule has 0 radical (unpaired) electrons. The third-order valence-corrected chi connectivity index (χ3v) is 3.97. The van der Waals surface area contributed by atoms with Crippen molar-refractivity contribution in [3.63, 3.8) is 0 Å². The van der Waals surface area contributed by atoms with Gasteiger partial charge in [-0.15, -0.1) is 0 Å². The summed E-state index contributed by atoms with van der Waals surface area (Å²) in [5, 5.41) is 23.4. The van der Waals surface area contributed by atoms with Crippen LogP contribution in [0.4, 0.5) is 0 Å². The summed E-state index contributed by atoms with van der Waals surface area (Å²) >= 11 is 0. The van der Waals surface area contributed by atoms with Gasteiger partial charge in [0.2, 0.25) is 0 Å². The van der Waals surface area contributed by atoms with E-state index in [-0.39, 0.29) is 11.4 Å². The van der Waals surface area contributed by atoms with Crippen LogP contribution in [-0.2, 0) is 4.79 Å². The number of carbonyl (C=O) groups excluding carboxylic acids is 1. The minimum atomic E-state index is -1.03. The number of hydrogen-bond acceptors (Lipinski definition) is 4. The van der Waals surface area contributed by atoms with E-state index in [2.05, 4.69) is 5.10 Å². The number of carbonyl (C=O) groups is 2. The summed E-state index contributed by atoms with van der Waals surface area (Å²) in [7, 11) is 0. The van der Waals surface area contributed by atoms with E-state index >= 15 is 0 Å². The molecule has 1 aliphatic heterocycles. The first-order valence-electron chi connectivity index (χ1n) is 7.46. The van der Waals surface area contributed by atoms with Crippen LogP contribution in [0.25, 0.3) is 5.69 Å². The summed E-state index contributed by atoms with van der Waals surface area (Å²) in [6.07, 6.45) is 3.28. The first-order valence-corrected chi connectivity index (χ1v) is 7.46. The first-order chi connectivity index (χ1) is 11.1. The second-order valence-electron chi connectivity index (χ2n) is 5.49. The number of aliphatic carboxylic acids is 1. The lowest BCUT2D eigenvalue weighted by molar-refractivity contribution is -0.143. The molecular formula is C16H17N3O4. The smallest absolute Gasteiger partial charge is 0.326 e. The highest BCUT2D eigenvalue weighted by molar-refractivity contribution is 5.97. The van der Waals surface area contributed by atoms with Gasteiger partial charge in [0.1, 0.15) is 6.04 Å². The molecule has 1 unspecified atom stereocenters. The van der Waals surface area contributed by atoms with Gasteiger partial charge in [-0.05, 0) is 31.4 Å². The van der Waals surface area contributed by atoms with Crippen molar-refractivity contribution < 1.29 is 19.8 Å². The van der Waals surface area contributed by atoms with Crippen LogP contribution in [0.5, 0.6) is 5.75 Å². The largest absolute Gasteiger partial charge is 0.504 e. The molecular weight excluding hydrogens is 298 g/mol. The molecule has 7 heteroatoms. The topological polar surface area (TPSA) is 95.7 Å². The van der Waals surface area contributed by atoms with Crippen molar-refractivity contribution in [3.05, 3.63) is 42.2 Å². The maximum Gasteiger partial charge on any atom is 0.326 e. The van der Waals surface area contributed by atoms with Crippen LogP contribution in [0.3, 0.4) is 0 Å². The molecule has 0 bridgehead atoms. The monoisotopic (exact) mass is 315 g/mol. The van der Waals surface area contributed by atoms with Gasteiger partial charge in [0.05, 0.1) is 11.9 Å². The van der Waals surface area contributed by atoms with Gasteiger partial charge in [-0.3, -0.25) is 4.79 Å². The minimum Gasteiger partial charge on any atom is -0.504 e. The summed E-state index contributed by atoms with van der Waals surface area (Å²) < 4.78 is 1.41. The molecule has 1 aromatic heterocycles. The molecule has 7 nitrogen and oxygen atoms in total. The number of carboxylic acids is 1. The Balaban J connectivity index is 1.90. The predicted molar refractivity (Wildman–Crippen MR) is 81.5 cm³/mol. The fraction of sp³-hybridized carbons (Fsp3) is 0.312. The van der Waals surface area contributed by atoms with Crippen LogP contribution < -0.4 is 0 Å². The van der Waals surface area contributed by atoms with Crippen molar-refractivity contribution in [3.8, 4) is 11.4 Å². The number of nitrogens with zero attached hydrogens (tertiary/aromatic N) is 3. The molecule has 0 aliphatic carbocycles. The van der Waals surface area contributed by atoms with Crippen LogP contribution in [-0.4, -0.2) is 49.4 Å². The second kappa shape index (κ2) is 6.12. The summed E-state index contributed by atoms with van der Waals surface area (Å²) in [6, 6.07) is 8.21. The van der Waals surface area contributed by atoms with E-state index in [9.17, 15) is 19.8 Å². The van der Waals surface area contributed by atoms with Gasteiger partial charge in [0, 0.05) is 6.54 Å². The Morgan fingerprint density at radius 3 is 2.61 bits per heavy atom. The molecule has 2 aromatic rings. The fourth-order valence-corrected chi connectivity index (χ4v) is 2.80. The van der Waals surface area contributed by atoms with E-state index in [0.29, 0.717) is 18.7 Å². The highest BCUT2D eigenvalue weighted by Gasteiger charge is 2.34. The number of rotatable bonds is 3. The highest BCUT2D eigenvalue weighted by atomic mass is 16.4. The zero-order valence-corrected chi connectivity index (χ0v) is 12.4. The van der Waals surface area contributed by atoms with Crippen LogP contribution >= 0.6 is 0 Å². The van der Waals surface area contributed by atoms with Gasteiger partial charge in [-0.1, -0.05) is 18.2 Å². The van der Waals surface area contributed by atoms with E-state index in [4.69, 9.17) is 0 Å². The van der Waals surface area contributed by atoms with E-state index in [1.807, 2.05) is 18.2 Å². The van der Waals surface area contributed by atoms with E-state index in [1.165, 1.54) is 15.8 Å². The Morgan fingerprint density at radius 2 is 1.91 bits per heavy atom. The number of benzene rings is 1. The maximum atomic E-state index is 12.6. The van der Waals surface area contributed by atoms with E-state index < -0.39 is 17.9 Å². The van der Waals surface area contributed by atoms with E-state index in [1.54, 1.807) is 12.1 Å².